The Morgan fingerprint density at radius 3 is 2.30 bits per heavy atom. The van der Waals surface area contributed by atoms with Crippen LogP contribution in [0.3, 0.4) is 0 Å². The van der Waals surface area contributed by atoms with Gasteiger partial charge in [0.2, 0.25) is 6.29 Å². The molecule has 0 aliphatic carbocycles. The van der Waals surface area contributed by atoms with Crippen molar-refractivity contribution in [1.82, 2.24) is 9.80 Å². The van der Waals surface area contributed by atoms with Crippen LogP contribution in [0.5, 0.6) is 5.75 Å². The van der Waals surface area contributed by atoms with E-state index in [2.05, 4.69) is 56.9 Å². The monoisotopic (exact) mass is 341 g/mol. The highest BCUT2D eigenvalue weighted by molar-refractivity contribution is 5.33. The van der Waals surface area contributed by atoms with E-state index in [1.807, 2.05) is 25.1 Å². The summed E-state index contributed by atoms with van der Waals surface area (Å²) in [6.45, 7) is 9.42. The molecule has 5 heteroatoms. The maximum atomic E-state index is 5.72. The molecule has 4 nitrogen and oxygen atoms in total. The SMILES string of the molecule is CC=COc1ccccc1C[NH+](C)C(N(C)C)N(CC)CC.[Cl-]. The van der Waals surface area contributed by atoms with Gasteiger partial charge in [0.05, 0.1) is 13.3 Å². The summed E-state index contributed by atoms with van der Waals surface area (Å²) in [5.74, 6) is 0.942. The maximum Gasteiger partial charge on any atom is 0.203 e. The second-order valence-corrected chi connectivity index (χ2v) is 5.78. The zero-order valence-corrected chi connectivity index (χ0v) is 16.1. The van der Waals surface area contributed by atoms with Gasteiger partial charge < -0.3 is 22.0 Å². The lowest BCUT2D eigenvalue weighted by atomic mass is 10.2. The molecule has 1 N–H and O–H groups in total. The number of allylic oxidation sites excluding steroid dienone is 1. The lowest BCUT2D eigenvalue weighted by molar-refractivity contribution is -0.944. The third-order valence-corrected chi connectivity index (χ3v) is 3.86. The summed E-state index contributed by atoms with van der Waals surface area (Å²) in [6, 6.07) is 8.28. The molecule has 1 aromatic rings. The summed E-state index contributed by atoms with van der Waals surface area (Å²) >= 11 is 0. The van der Waals surface area contributed by atoms with Crippen LogP contribution in [0.1, 0.15) is 26.3 Å². The Labute approximate surface area is 148 Å². The molecule has 0 amide bonds. The molecule has 0 saturated heterocycles. The lowest BCUT2D eigenvalue weighted by Crippen LogP contribution is -3.15. The highest BCUT2D eigenvalue weighted by atomic mass is 35.5. The van der Waals surface area contributed by atoms with Crippen LogP contribution in [0.2, 0.25) is 0 Å². The van der Waals surface area contributed by atoms with Crippen molar-refractivity contribution in [2.75, 3.05) is 34.2 Å². The minimum absolute atomic E-state index is 0. The third kappa shape index (κ3) is 6.51. The minimum Gasteiger partial charge on any atom is -1.00 e. The van der Waals surface area contributed by atoms with Crippen molar-refractivity contribution in [2.45, 2.75) is 33.6 Å². The Morgan fingerprint density at radius 1 is 1.17 bits per heavy atom. The maximum absolute atomic E-state index is 5.72. The van der Waals surface area contributed by atoms with Crippen LogP contribution in [0.15, 0.2) is 36.6 Å². The van der Waals surface area contributed by atoms with E-state index in [1.165, 1.54) is 10.5 Å². The van der Waals surface area contributed by atoms with Crippen molar-refractivity contribution >= 4 is 0 Å². The Morgan fingerprint density at radius 2 is 1.78 bits per heavy atom. The van der Waals surface area contributed by atoms with E-state index < -0.39 is 0 Å². The number of nitrogens with zero attached hydrogens (tertiary/aromatic N) is 2. The van der Waals surface area contributed by atoms with E-state index in [0.29, 0.717) is 6.29 Å². The van der Waals surface area contributed by atoms with Gasteiger partial charge in [0.15, 0.2) is 0 Å². The molecule has 2 unspecified atom stereocenters. The van der Waals surface area contributed by atoms with Gasteiger partial charge in [-0.1, -0.05) is 32.1 Å². The first-order chi connectivity index (χ1) is 10.5. The van der Waals surface area contributed by atoms with Crippen LogP contribution < -0.4 is 22.0 Å². The van der Waals surface area contributed by atoms with Gasteiger partial charge in [0, 0.05) is 18.7 Å². The van der Waals surface area contributed by atoms with Crippen molar-refractivity contribution < 1.29 is 22.0 Å². The number of ether oxygens (including phenoxy) is 1. The Balaban J connectivity index is 0.00000484. The summed E-state index contributed by atoms with van der Waals surface area (Å²) in [7, 11) is 6.54. The first-order valence-corrected chi connectivity index (χ1v) is 8.13. The fraction of sp³-hybridized carbons (Fsp3) is 0.556. The number of halogens is 1. The summed E-state index contributed by atoms with van der Waals surface area (Å²) in [5.41, 5.74) is 1.23. The van der Waals surface area contributed by atoms with Crippen molar-refractivity contribution in [3.63, 3.8) is 0 Å². The third-order valence-electron chi connectivity index (χ3n) is 3.86. The molecule has 132 valence electrons. The van der Waals surface area contributed by atoms with Gasteiger partial charge in [0.25, 0.3) is 0 Å². The number of para-hydroxylation sites is 1. The molecule has 0 heterocycles. The first kappa shape index (κ1) is 21.9. The molecule has 0 fully saturated rings. The Bertz CT molecular complexity index is 461. The van der Waals surface area contributed by atoms with Crippen LogP contribution in [0.25, 0.3) is 0 Å². The number of hydrogen-bond acceptors (Lipinski definition) is 3. The lowest BCUT2D eigenvalue weighted by Gasteiger charge is -2.37. The zero-order chi connectivity index (χ0) is 16.5. The quantitative estimate of drug-likeness (QED) is 0.450. The second-order valence-electron chi connectivity index (χ2n) is 5.78. The normalized spacial score (nSPS) is 14.1. The van der Waals surface area contributed by atoms with Crippen molar-refractivity contribution in [2.24, 2.45) is 0 Å². The minimum atomic E-state index is 0. The molecule has 0 radical (unpaired) electrons. The van der Waals surface area contributed by atoms with Crippen LogP contribution in [0.4, 0.5) is 0 Å². The predicted molar refractivity (Wildman–Crippen MR) is 92.9 cm³/mol. The van der Waals surface area contributed by atoms with Gasteiger partial charge in [-0.05, 0) is 33.2 Å². The average Bonchev–Trinajstić information content (AvgIpc) is 2.50. The van der Waals surface area contributed by atoms with E-state index in [4.69, 9.17) is 4.74 Å². The summed E-state index contributed by atoms with van der Waals surface area (Å²) in [5, 5.41) is 0. The molecular weight excluding hydrogens is 310 g/mol. The van der Waals surface area contributed by atoms with E-state index in [9.17, 15) is 0 Å². The first-order valence-electron chi connectivity index (χ1n) is 8.13. The van der Waals surface area contributed by atoms with Gasteiger partial charge >= 0.3 is 0 Å². The highest BCUT2D eigenvalue weighted by Gasteiger charge is 2.27. The molecule has 1 rings (SSSR count). The van der Waals surface area contributed by atoms with Gasteiger partial charge in [-0.25, -0.2) is 9.80 Å². The van der Waals surface area contributed by atoms with E-state index in [0.717, 1.165) is 25.4 Å². The van der Waals surface area contributed by atoms with Crippen molar-refractivity contribution in [3.05, 3.63) is 42.2 Å². The topological polar surface area (TPSA) is 20.2 Å². The highest BCUT2D eigenvalue weighted by Crippen LogP contribution is 2.17. The number of quaternary nitrogens is 1. The largest absolute Gasteiger partial charge is 1.00 e. The zero-order valence-electron chi connectivity index (χ0n) is 15.3. The van der Waals surface area contributed by atoms with Crippen molar-refractivity contribution in [1.29, 1.82) is 0 Å². The smallest absolute Gasteiger partial charge is 0.203 e. The molecule has 0 aromatic heterocycles. The number of hydrogen-bond donors (Lipinski definition) is 1. The van der Waals surface area contributed by atoms with Gasteiger partial charge in [-0.2, -0.15) is 0 Å². The number of nitrogens with one attached hydrogen (secondary N) is 1. The average molecular weight is 342 g/mol. The summed E-state index contributed by atoms with van der Waals surface area (Å²) in [4.78, 5) is 6.20. The molecule has 0 bridgehead atoms. The van der Waals surface area contributed by atoms with E-state index >= 15 is 0 Å². The second kappa shape index (κ2) is 11.5. The Hall–Kier alpha value is -1.07. The molecular formula is C18H32ClN3O. The van der Waals surface area contributed by atoms with Crippen molar-refractivity contribution in [3.8, 4) is 5.75 Å². The molecule has 0 aliphatic heterocycles. The molecule has 23 heavy (non-hydrogen) atoms. The molecule has 0 saturated carbocycles. The van der Waals surface area contributed by atoms with Crippen LogP contribution in [0, 0.1) is 0 Å². The van der Waals surface area contributed by atoms with Crippen LogP contribution in [-0.2, 0) is 6.54 Å². The van der Waals surface area contributed by atoms with Crippen LogP contribution >= 0.6 is 0 Å². The number of rotatable bonds is 9. The molecule has 2 atom stereocenters. The van der Waals surface area contributed by atoms with Gasteiger partial charge in [-0.15, -0.1) is 0 Å². The van der Waals surface area contributed by atoms with Gasteiger partial charge in [-0.3, -0.25) is 0 Å². The summed E-state index contributed by atoms with van der Waals surface area (Å²) < 4.78 is 5.72. The fourth-order valence-corrected chi connectivity index (χ4v) is 2.95. The van der Waals surface area contributed by atoms with Crippen LogP contribution in [-0.4, -0.2) is 50.3 Å². The Kier molecular flexibility index (Phi) is 10.9. The molecule has 0 aliphatic rings. The van der Waals surface area contributed by atoms with E-state index in [-0.39, 0.29) is 12.4 Å². The predicted octanol–water partition coefficient (Wildman–Crippen LogP) is -1.20. The molecule has 0 spiro atoms. The standard InChI is InChI=1S/C18H31N3O.ClH/c1-7-14-22-17-13-11-10-12-16(17)15-20(6)18(19(4)5)21(8-2)9-3;/h7,10-14,18H,8-9,15H2,1-6H3;1H. The molecule has 1 aromatic carbocycles. The van der Waals surface area contributed by atoms with E-state index in [1.54, 1.807) is 6.26 Å². The summed E-state index contributed by atoms with van der Waals surface area (Å²) in [6.07, 6.45) is 4.00. The fourth-order valence-electron chi connectivity index (χ4n) is 2.95. The van der Waals surface area contributed by atoms with Gasteiger partial charge in [0.1, 0.15) is 12.3 Å². The number of benzene rings is 1.